The van der Waals surface area contributed by atoms with E-state index in [1.54, 1.807) is 0 Å². The first-order valence-electron chi connectivity index (χ1n) is 5.47. The summed E-state index contributed by atoms with van der Waals surface area (Å²) in [7, 11) is 0. The minimum atomic E-state index is 0.476. The Labute approximate surface area is 87.4 Å². The van der Waals surface area contributed by atoms with Gasteiger partial charge in [0.1, 0.15) is 5.82 Å². The van der Waals surface area contributed by atoms with Crippen LogP contribution in [-0.4, -0.2) is 9.55 Å². The second-order valence-electron chi connectivity index (χ2n) is 5.19. The molecule has 14 heavy (non-hydrogen) atoms. The first kappa shape index (κ1) is 11.3. The van der Waals surface area contributed by atoms with Crippen molar-refractivity contribution in [3.8, 4) is 0 Å². The van der Waals surface area contributed by atoms with Gasteiger partial charge in [0.15, 0.2) is 0 Å². The molecule has 0 aliphatic carbocycles. The molecule has 0 spiro atoms. The van der Waals surface area contributed by atoms with E-state index < -0.39 is 0 Å². The van der Waals surface area contributed by atoms with Crippen LogP contribution in [-0.2, 0) is 6.54 Å². The van der Waals surface area contributed by atoms with Crippen molar-refractivity contribution in [2.75, 3.05) is 0 Å². The molecule has 0 aliphatic heterocycles. The number of hydrogen-bond acceptors (Lipinski definition) is 1. The van der Waals surface area contributed by atoms with E-state index >= 15 is 0 Å². The molecule has 0 saturated carbocycles. The van der Waals surface area contributed by atoms with Gasteiger partial charge in [-0.2, -0.15) is 0 Å². The van der Waals surface area contributed by atoms with Gasteiger partial charge in [-0.25, -0.2) is 4.98 Å². The smallest absolute Gasteiger partial charge is 0.105 e. The molecule has 0 bridgehead atoms. The van der Waals surface area contributed by atoms with E-state index in [2.05, 4.69) is 43.4 Å². The van der Waals surface area contributed by atoms with Crippen LogP contribution in [0.3, 0.4) is 0 Å². The predicted molar refractivity (Wildman–Crippen MR) is 60.3 cm³/mol. The average Bonchev–Trinajstić information content (AvgIpc) is 2.44. The molecule has 0 fully saturated rings. The second kappa shape index (κ2) is 4.63. The molecule has 2 nitrogen and oxygen atoms in total. The zero-order valence-corrected chi connectivity index (χ0v) is 9.88. The topological polar surface area (TPSA) is 17.8 Å². The fourth-order valence-electron chi connectivity index (χ4n) is 1.58. The molecule has 0 amide bonds. The summed E-state index contributed by atoms with van der Waals surface area (Å²) in [5.74, 6) is 1.13. The zero-order chi connectivity index (χ0) is 10.6. The van der Waals surface area contributed by atoms with Gasteiger partial charge in [-0.1, -0.05) is 27.2 Å². The molecule has 0 atom stereocenters. The van der Waals surface area contributed by atoms with Crippen molar-refractivity contribution in [2.45, 2.75) is 53.5 Å². The molecule has 1 aromatic heterocycles. The van der Waals surface area contributed by atoms with Crippen LogP contribution >= 0.6 is 0 Å². The SMILES string of the molecule is Cc1nccn1CCCCC(C)(C)C. The molecule has 1 heterocycles. The molecular formula is C12H22N2. The second-order valence-corrected chi connectivity index (χ2v) is 5.19. The summed E-state index contributed by atoms with van der Waals surface area (Å²) in [6.45, 7) is 10.1. The van der Waals surface area contributed by atoms with Gasteiger partial charge in [0, 0.05) is 18.9 Å². The quantitative estimate of drug-likeness (QED) is 0.672. The maximum absolute atomic E-state index is 4.21. The van der Waals surface area contributed by atoms with Crippen LogP contribution in [0.4, 0.5) is 0 Å². The van der Waals surface area contributed by atoms with Crippen molar-refractivity contribution in [2.24, 2.45) is 5.41 Å². The molecule has 1 aromatic rings. The number of rotatable bonds is 4. The fraction of sp³-hybridized carbons (Fsp3) is 0.750. The summed E-state index contributed by atoms with van der Waals surface area (Å²) < 4.78 is 2.22. The van der Waals surface area contributed by atoms with E-state index in [4.69, 9.17) is 0 Å². The number of nitrogens with zero attached hydrogens (tertiary/aromatic N) is 2. The Bertz CT molecular complexity index is 268. The van der Waals surface area contributed by atoms with Gasteiger partial charge in [0.2, 0.25) is 0 Å². The highest BCUT2D eigenvalue weighted by Crippen LogP contribution is 2.21. The molecule has 1 rings (SSSR count). The van der Waals surface area contributed by atoms with Crippen LogP contribution in [0.15, 0.2) is 12.4 Å². The lowest BCUT2D eigenvalue weighted by Crippen LogP contribution is -2.06. The number of hydrogen-bond donors (Lipinski definition) is 0. The summed E-state index contributed by atoms with van der Waals surface area (Å²) in [5.41, 5.74) is 0.476. The first-order chi connectivity index (χ1) is 6.49. The molecule has 80 valence electrons. The highest BCUT2D eigenvalue weighted by molar-refractivity contribution is 4.87. The molecule has 0 unspecified atom stereocenters. The Kier molecular flexibility index (Phi) is 3.73. The number of imidazole rings is 1. The van der Waals surface area contributed by atoms with Crippen molar-refractivity contribution in [3.63, 3.8) is 0 Å². The van der Waals surface area contributed by atoms with Gasteiger partial charge in [-0.15, -0.1) is 0 Å². The van der Waals surface area contributed by atoms with Crippen molar-refractivity contribution in [3.05, 3.63) is 18.2 Å². The molecule has 0 saturated heterocycles. The third-order valence-electron chi connectivity index (χ3n) is 2.50. The van der Waals surface area contributed by atoms with Crippen LogP contribution in [0.5, 0.6) is 0 Å². The van der Waals surface area contributed by atoms with Gasteiger partial charge in [-0.05, 0) is 25.2 Å². The third kappa shape index (κ3) is 3.95. The number of aryl methyl sites for hydroxylation is 2. The molecule has 0 N–H and O–H groups in total. The molecule has 0 aliphatic rings. The molecule has 0 aromatic carbocycles. The van der Waals surface area contributed by atoms with Crippen molar-refractivity contribution < 1.29 is 0 Å². The zero-order valence-electron chi connectivity index (χ0n) is 9.88. The lowest BCUT2D eigenvalue weighted by Gasteiger charge is -2.17. The van der Waals surface area contributed by atoms with E-state index in [1.807, 2.05) is 6.20 Å². The van der Waals surface area contributed by atoms with E-state index in [0.29, 0.717) is 5.41 Å². The highest BCUT2D eigenvalue weighted by atomic mass is 15.0. The van der Waals surface area contributed by atoms with Gasteiger partial charge in [-0.3, -0.25) is 0 Å². The van der Waals surface area contributed by atoms with Gasteiger partial charge >= 0.3 is 0 Å². The normalized spacial score (nSPS) is 12.0. The van der Waals surface area contributed by atoms with E-state index in [-0.39, 0.29) is 0 Å². The Hall–Kier alpha value is -0.790. The Balaban J connectivity index is 2.20. The van der Waals surface area contributed by atoms with E-state index in [9.17, 15) is 0 Å². The Morgan fingerprint density at radius 3 is 2.50 bits per heavy atom. The number of aromatic nitrogens is 2. The summed E-state index contributed by atoms with van der Waals surface area (Å²) >= 11 is 0. The van der Waals surface area contributed by atoms with Crippen molar-refractivity contribution in [1.82, 2.24) is 9.55 Å². The highest BCUT2D eigenvalue weighted by Gasteiger charge is 2.08. The summed E-state index contributed by atoms with van der Waals surface area (Å²) in [6, 6.07) is 0. The number of unbranched alkanes of at least 4 members (excludes halogenated alkanes) is 1. The van der Waals surface area contributed by atoms with E-state index in [0.717, 1.165) is 12.4 Å². The van der Waals surface area contributed by atoms with Crippen LogP contribution in [0, 0.1) is 12.3 Å². The maximum Gasteiger partial charge on any atom is 0.105 e. The maximum atomic E-state index is 4.21. The first-order valence-corrected chi connectivity index (χ1v) is 5.47. The predicted octanol–water partition coefficient (Wildman–Crippen LogP) is 3.41. The monoisotopic (exact) mass is 194 g/mol. The third-order valence-corrected chi connectivity index (χ3v) is 2.50. The fourth-order valence-corrected chi connectivity index (χ4v) is 1.58. The summed E-state index contributed by atoms with van der Waals surface area (Å²) in [6.07, 6.45) is 7.81. The van der Waals surface area contributed by atoms with Crippen LogP contribution in [0.2, 0.25) is 0 Å². The minimum Gasteiger partial charge on any atom is -0.335 e. The Morgan fingerprint density at radius 2 is 2.00 bits per heavy atom. The van der Waals surface area contributed by atoms with Crippen molar-refractivity contribution in [1.29, 1.82) is 0 Å². The average molecular weight is 194 g/mol. The van der Waals surface area contributed by atoms with E-state index in [1.165, 1.54) is 19.3 Å². The van der Waals surface area contributed by atoms with Crippen LogP contribution in [0.1, 0.15) is 45.9 Å². The largest absolute Gasteiger partial charge is 0.335 e. The summed E-state index contributed by atoms with van der Waals surface area (Å²) in [5, 5.41) is 0. The molecule has 0 radical (unpaired) electrons. The molecule has 2 heteroatoms. The molecular weight excluding hydrogens is 172 g/mol. The minimum absolute atomic E-state index is 0.476. The standard InChI is InChI=1S/C12H22N2/c1-11-13-8-10-14(11)9-6-5-7-12(2,3)4/h8,10H,5-7,9H2,1-4H3. The van der Waals surface area contributed by atoms with Crippen molar-refractivity contribution >= 4 is 0 Å². The lowest BCUT2D eigenvalue weighted by atomic mass is 9.90. The van der Waals surface area contributed by atoms with Gasteiger partial charge < -0.3 is 4.57 Å². The van der Waals surface area contributed by atoms with Crippen LogP contribution in [0.25, 0.3) is 0 Å². The summed E-state index contributed by atoms with van der Waals surface area (Å²) in [4.78, 5) is 4.21. The lowest BCUT2D eigenvalue weighted by molar-refractivity contribution is 0.354. The van der Waals surface area contributed by atoms with Gasteiger partial charge in [0.05, 0.1) is 0 Å². The van der Waals surface area contributed by atoms with Crippen LogP contribution < -0.4 is 0 Å². The Morgan fingerprint density at radius 1 is 1.29 bits per heavy atom. The van der Waals surface area contributed by atoms with Gasteiger partial charge in [0.25, 0.3) is 0 Å².